The molecule has 0 spiro atoms. The average molecular weight is 276 g/mol. The van der Waals surface area contributed by atoms with Crippen molar-refractivity contribution in [1.29, 1.82) is 0 Å². The van der Waals surface area contributed by atoms with Crippen molar-refractivity contribution in [1.82, 2.24) is 15.3 Å². The summed E-state index contributed by atoms with van der Waals surface area (Å²) in [5.74, 6) is 1.41. The van der Waals surface area contributed by atoms with Crippen LogP contribution in [0.15, 0.2) is 12.4 Å². The number of morpholine rings is 1. The van der Waals surface area contributed by atoms with Crippen LogP contribution in [0.25, 0.3) is 0 Å². The van der Waals surface area contributed by atoms with E-state index in [0.717, 1.165) is 18.1 Å². The number of nitrogens with one attached hydrogen (secondary N) is 1. The molecule has 1 atom stereocenters. The van der Waals surface area contributed by atoms with Crippen LogP contribution in [0.2, 0.25) is 0 Å². The topological polar surface area (TPSA) is 67.4 Å². The Morgan fingerprint density at radius 2 is 2.30 bits per heavy atom. The van der Waals surface area contributed by atoms with Gasteiger partial charge >= 0.3 is 0 Å². The summed E-state index contributed by atoms with van der Waals surface area (Å²) in [7, 11) is 1.63. The number of amides is 1. The first-order valence-electron chi connectivity index (χ1n) is 7.18. The standard InChI is InChI=1S/C14H20N4O2/c1-15-14(19)12-8-18(5-6-20-12)13-7-11(16-9-17-13)10-3-2-4-10/h7,9-10,12H,2-6,8H2,1H3,(H,15,19). The van der Waals surface area contributed by atoms with Crippen LogP contribution < -0.4 is 10.2 Å². The molecule has 1 aliphatic carbocycles. The molecule has 1 amide bonds. The Morgan fingerprint density at radius 1 is 1.45 bits per heavy atom. The van der Waals surface area contributed by atoms with Crippen molar-refractivity contribution in [2.45, 2.75) is 31.3 Å². The van der Waals surface area contributed by atoms with E-state index in [0.29, 0.717) is 19.1 Å². The lowest BCUT2D eigenvalue weighted by Gasteiger charge is -2.33. The van der Waals surface area contributed by atoms with Gasteiger partial charge in [0.15, 0.2) is 6.10 Å². The number of aromatic nitrogens is 2. The Hall–Kier alpha value is -1.69. The quantitative estimate of drug-likeness (QED) is 0.880. The maximum atomic E-state index is 11.7. The maximum absolute atomic E-state index is 11.7. The second-order valence-electron chi connectivity index (χ2n) is 5.35. The first-order valence-corrected chi connectivity index (χ1v) is 7.18. The van der Waals surface area contributed by atoms with E-state index >= 15 is 0 Å². The number of likely N-dealkylation sites (N-methyl/N-ethyl adjacent to an activating group) is 1. The molecule has 3 rings (SSSR count). The van der Waals surface area contributed by atoms with Crippen LogP contribution in [-0.2, 0) is 9.53 Å². The van der Waals surface area contributed by atoms with E-state index in [1.807, 2.05) is 0 Å². The summed E-state index contributed by atoms with van der Waals surface area (Å²) < 4.78 is 5.50. The molecule has 20 heavy (non-hydrogen) atoms. The molecule has 0 radical (unpaired) electrons. The van der Waals surface area contributed by atoms with Gasteiger partial charge in [-0.1, -0.05) is 6.42 Å². The predicted octanol–water partition coefficient (Wildman–Crippen LogP) is 0.695. The lowest BCUT2D eigenvalue weighted by molar-refractivity contribution is -0.132. The highest BCUT2D eigenvalue weighted by Crippen LogP contribution is 2.35. The van der Waals surface area contributed by atoms with Gasteiger partial charge in [-0.15, -0.1) is 0 Å². The largest absolute Gasteiger partial charge is 0.365 e. The van der Waals surface area contributed by atoms with E-state index in [4.69, 9.17) is 4.74 Å². The van der Waals surface area contributed by atoms with Crippen LogP contribution >= 0.6 is 0 Å². The molecular formula is C14H20N4O2. The van der Waals surface area contributed by atoms with Gasteiger partial charge < -0.3 is 15.0 Å². The van der Waals surface area contributed by atoms with Gasteiger partial charge in [-0.2, -0.15) is 0 Å². The van der Waals surface area contributed by atoms with Crippen molar-refractivity contribution in [3.63, 3.8) is 0 Å². The van der Waals surface area contributed by atoms with Gasteiger partial charge in [0.1, 0.15) is 12.1 Å². The third kappa shape index (κ3) is 2.60. The van der Waals surface area contributed by atoms with E-state index in [1.54, 1.807) is 13.4 Å². The van der Waals surface area contributed by atoms with Gasteiger partial charge in [-0.3, -0.25) is 4.79 Å². The fourth-order valence-corrected chi connectivity index (χ4v) is 2.64. The Balaban J connectivity index is 1.73. The highest BCUT2D eigenvalue weighted by atomic mass is 16.5. The molecule has 1 saturated carbocycles. The smallest absolute Gasteiger partial charge is 0.250 e. The summed E-state index contributed by atoms with van der Waals surface area (Å²) >= 11 is 0. The van der Waals surface area contributed by atoms with Gasteiger partial charge in [0, 0.05) is 31.3 Å². The second-order valence-corrected chi connectivity index (χ2v) is 5.35. The highest BCUT2D eigenvalue weighted by Gasteiger charge is 2.28. The summed E-state index contributed by atoms with van der Waals surface area (Å²) in [6, 6.07) is 2.07. The first kappa shape index (κ1) is 13.3. The average Bonchev–Trinajstić information content (AvgIpc) is 2.45. The van der Waals surface area contributed by atoms with Crippen LogP contribution in [0.3, 0.4) is 0 Å². The van der Waals surface area contributed by atoms with E-state index in [1.165, 1.54) is 19.3 Å². The molecule has 2 fully saturated rings. The molecule has 1 aromatic heterocycles. The lowest BCUT2D eigenvalue weighted by atomic mass is 9.83. The minimum atomic E-state index is -0.420. The van der Waals surface area contributed by atoms with Gasteiger partial charge in [0.05, 0.1) is 13.2 Å². The highest BCUT2D eigenvalue weighted by molar-refractivity contribution is 5.81. The molecule has 108 valence electrons. The fourth-order valence-electron chi connectivity index (χ4n) is 2.64. The minimum Gasteiger partial charge on any atom is -0.365 e. The van der Waals surface area contributed by atoms with E-state index in [2.05, 4.69) is 26.3 Å². The first-order chi connectivity index (χ1) is 9.78. The van der Waals surface area contributed by atoms with Crippen LogP contribution in [-0.4, -0.2) is 48.7 Å². The normalized spacial score (nSPS) is 23.2. The third-order valence-electron chi connectivity index (χ3n) is 4.13. The number of ether oxygens (including phenoxy) is 1. The lowest BCUT2D eigenvalue weighted by Crippen LogP contribution is -2.49. The van der Waals surface area contributed by atoms with Crippen LogP contribution in [0.5, 0.6) is 0 Å². The Bertz CT molecular complexity index is 490. The Morgan fingerprint density at radius 3 is 3.00 bits per heavy atom. The van der Waals surface area contributed by atoms with Crippen molar-refractivity contribution < 1.29 is 9.53 Å². The van der Waals surface area contributed by atoms with Gasteiger partial charge in [-0.05, 0) is 12.8 Å². The summed E-state index contributed by atoms with van der Waals surface area (Å²) in [5, 5.41) is 2.63. The van der Waals surface area contributed by atoms with Crippen molar-refractivity contribution in [2.75, 3.05) is 31.6 Å². The Kier molecular flexibility index (Phi) is 3.82. The number of rotatable bonds is 3. The van der Waals surface area contributed by atoms with Crippen molar-refractivity contribution in [3.8, 4) is 0 Å². The number of carbonyl (C=O) groups excluding carboxylic acids is 1. The number of hydrogen-bond acceptors (Lipinski definition) is 5. The minimum absolute atomic E-state index is 0.0806. The van der Waals surface area contributed by atoms with E-state index in [-0.39, 0.29) is 5.91 Å². The molecular weight excluding hydrogens is 256 g/mol. The zero-order valence-electron chi connectivity index (χ0n) is 11.7. The summed E-state index contributed by atoms with van der Waals surface area (Å²) in [6.45, 7) is 1.84. The zero-order valence-corrected chi connectivity index (χ0v) is 11.7. The molecule has 2 aliphatic rings. The Labute approximate surface area is 118 Å². The van der Waals surface area contributed by atoms with Crippen LogP contribution in [0.1, 0.15) is 30.9 Å². The number of nitrogens with zero attached hydrogens (tertiary/aromatic N) is 3. The monoisotopic (exact) mass is 276 g/mol. The third-order valence-corrected chi connectivity index (χ3v) is 4.13. The molecule has 1 saturated heterocycles. The van der Waals surface area contributed by atoms with Gasteiger partial charge in [0.25, 0.3) is 5.91 Å². The predicted molar refractivity (Wildman–Crippen MR) is 74.6 cm³/mol. The summed E-state index contributed by atoms with van der Waals surface area (Å²) in [4.78, 5) is 22.5. The molecule has 0 bridgehead atoms. The number of anilines is 1. The number of hydrogen-bond donors (Lipinski definition) is 1. The molecule has 1 N–H and O–H groups in total. The van der Waals surface area contributed by atoms with Crippen LogP contribution in [0.4, 0.5) is 5.82 Å². The number of carbonyl (C=O) groups is 1. The molecule has 6 heteroatoms. The molecule has 1 aliphatic heterocycles. The molecule has 1 aromatic rings. The van der Waals surface area contributed by atoms with Crippen molar-refractivity contribution >= 4 is 11.7 Å². The van der Waals surface area contributed by atoms with Gasteiger partial charge in [0.2, 0.25) is 0 Å². The molecule has 6 nitrogen and oxygen atoms in total. The molecule has 0 aromatic carbocycles. The van der Waals surface area contributed by atoms with Crippen LogP contribution in [0, 0.1) is 0 Å². The zero-order chi connectivity index (χ0) is 13.9. The summed E-state index contributed by atoms with van der Waals surface area (Å²) in [6.07, 6.45) is 4.95. The molecule has 1 unspecified atom stereocenters. The maximum Gasteiger partial charge on any atom is 0.250 e. The van der Waals surface area contributed by atoms with Gasteiger partial charge in [-0.25, -0.2) is 9.97 Å². The van der Waals surface area contributed by atoms with E-state index in [9.17, 15) is 4.79 Å². The molecule has 2 heterocycles. The van der Waals surface area contributed by atoms with Crippen molar-refractivity contribution in [2.24, 2.45) is 0 Å². The fraction of sp³-hybridized carbons (Fsp3) is 0.643. The summed E-state index contributed by atoms with van der Waals surface area (Å²) in [5.41, 5.74) is 1.13. The second kappa shape index (κ2) is 5.75. The SMILES string of the molecule is CNC(=O)C1CN(c2cc(C3CCC3)ncn2)CCO1. The van der Waals surface area contributed by atoms with Crippen molar-refractivity contribution in [3.05, 3.63) is 18.1 Å². The van der Waals surface area contributed by atoms with E-state index < -0.39 is 6.10 Å².